The van der Waals surface area contributed by atoms with Gasteiger partial charge in [0.1, 0.15) is 12.2 Å². The first kappa shape index (κ1) is 16.2. The largest absolute Gasteiger partial charge is 0.385 e. The van der Waals surface area contributed by atoms with E-state index in [4.69, 9.17) is 4.74 Å². The molecule has 1 rings (SSSR count). The first-order valence-corrected chi connectivity index (χ1v) is 10.7. The Bertz CT molecular complexity index is 381. The minimum atomic E-state index is -1.09. The van der Waals surface area contributed by atoms with Crippen LogP contribution in [0.2, 0.25) is 25.7 Å². The van der Waals surface area contributed by atoms with E-state index >= 15 is 0 Å². The molecule has 0 heterocycles. The van der Waals surface area contributed by atoms with Gasteiger partial charge in [-0.25, -0.2) is 0 Å². The van der Waals surface area contributed by atoms with Crippen LogP contribution < -0.4 is 0 Å². The zero-order chi connectivity index (χ0) is 14.3. The quantitative estimate of drug-likeness (QED) is 0.603. The average Bonchev–Trinajstić information content (AvgIpc) is 2.36. The molecule has 2 atom stereocenters. The van der Waals surface area contributed by atoms with Crippen molar-refractivity contribution >= 4 is 8.07 Å². The number of hydrogen-bond donors (Lipinski definition) is 1. The molecule has 0 saturated carbocycles. The van der Waals surface area contributed by atoms with Gasteiger partial charge in [0.25, 0.3) is 0 Å². The molecule has 0 spiro atoms. The van der Waals surface area contributed by atoms with Crippen LogP contribution in [0.15, 0.2) is 42.5 Å². The van der Waals surface area contributed by atoms with Crippen molar-refractivity contribution in [1.29, 1.82) is 0 Å². The number of rotatable bonds is 7. The lowest BCUT2D eigenvalue weighted by Crippen LogP contribution is -2.21. The summed E-state index contributed by atoms with van der Waals surface area (Å²) in [6, 6.07) is 10.8. The molecule has 19 heavy (non-hydrogen) atoms. The standard InChI is InChI=1S/C16H26O2Si/c1-5-18-15(12-9-13-19(2,3)4)16(17)14-10-7-6-8-11-14/h6-12,15-17H,5,13H2,1-4H3/b12-9+/t15-,16-/m0/s1. The average molecular weight is 278 g/mol. The van der Waals surface area contributed by atoms with Crippen molar-refractivity contribution in [3.05, 3.63) is 48.0 Å². The molecule has 1 N–H and O–H groups in total. The van der Waals surface area contributed by atoms with E-state index in [9.17, 15) is 5.11 Å². The van der Waals surface area contributed by atoms with E-state index in [1.54, 1.807) is 0 Å². The summed E-state index contributed by atoms with van der Waals surface area (Å²) in [6.45, 7) is 9.56. The summed E-state index contributed by atoms with van der Waals surface area (Å²) in [7, 11) is -1.09. The number of benzene rings is 1. The van der Waals surface area contributed by atoms with Gasteiger partial charge in [0.05, 0.1) is 0 Å². The molecule has 106 valence electrons. The van der Waals surface area contributed by atoms with Gasteiger partial charge in [0, 0.05) is 14.7 Å². The van der Waals surface area contributed by atoms with Crippen LogP contribution in [0.25, 0.3) is 0 Å². The Hall–Kier alpha value is -0.903. The second-order valence-electron chi connectivity index (χ2n) is 5.97. The minimum absolute atomic E-state index is 0.260. The predicted octanol–water partition coefficient (Wildman–Crippen LogP) is 4.02. The zero-order valence-electron chi connectivity index (χ0n) is 12.5. The van der Waals surface area contributed by atoms with E-state index in [1.807, 2.05) is 43.3 Å². The van der Waals surface area contributed by atoms with Crippen LogP contribution in [0.4, 0.5) is 0 Å². The zero-order valence-corrected chi connectivity index (χ0v) is 13.5. The van der Waals surface area contributed by atoms with Crippen LogP contribution in [0, 0.1) is 0 Å². The van der Waals surface area contributed by atoms with Crippen molar-refractivity contribution in [3.8, 4) is 0 Å². The van der Waals surface area contributed by atoms with E-state index in [-0.39, 0.29) is 6.10 Å². The second-order valence-corrected chi connectivity index (χ2v) is 11.5. The molecule has 0 radical (unpaired) electrons. The molecule has 0 saturated heterocycles. The van der Waals surface area contributed by atoms with Gasteiger partial charge in [-0.05, 0) is 18.5 Å². The van der Waals surface area contributed by atoms with E-state index in [0.717, 1.165) is 11.6 Å². The van der Waals surface area contributed by atoms with Crippen molar-refractivity contribution in [2.75, 3.05) is 6.61 Å². The molecule has 0 aliphatic heterocycles. The van der Waals surface area contributed by atoms with Crippen molar-refractivity contribution in [2.45, 2.75) is 44.8 Å². The SMILES string of the molecule is CCO[C@@H](/C=C/C[Si](C)(C)C)[C@@H](O)c1ccccc1. The van der Waals surface area contributed by atoms with E-state index < -0.39 is 14.2 Å². The van der Waals surface area contributed by atoms with Gasteiger partial charge >= 0.3 is 0 Å². The molecule has 2 nitrogen and oxygen atoms in total. The molecule has 1 aromatic carbocycles. The fourth-order valence-corrected chi connectivity index (χ4v) is 2.68. The van der Waals surface area contributed by atoms with Gasteiger partial charge in [0.2, 0.25) is 0 Å². The van der Waals surface area contributed by atoms with Crippen molar-refractivity contribution in [1.82, 2.24) is 0 Å². The van der Waals surface area contributed by atoms with Crippen LogP contribution >= 0.6 is 0 Å². The van der Waals surface area contributed by atoms with Gasteiger partial charge in [-0.1, -0.05) is 62.1 Å². The smallest absolute Gasteiger partial charge is 0.109 e. The Morgan fingerprint density at radius 1 is 1.21 bits per heavy atom. The third kappa shape index (κ3) is 6.19. The summed E-state index contributed by atoms with van der Waals surface area (Å²) in [5, 5.41) is 10.4. The maximum Gasteiger partial charge on any atom is 0.109 e. The van der Waals surface area contributed by atoms with Gasteiger partial charge in [-0.2, -0.15) is 0 Å². The number of aliphatic hydroxyl groups is 1. The topological polar surface area (TPSA) is 29.5 Å². The second kappa shape index (κ2) is 7.63. The molecule has 0 amide bonds. The number of aliphatic hydroxyl groups excluding tert-OH is 1. The van der Waals surface area contributed by atoms with Crippen LogP contribution in [-0.4, -0.2) is 25.9 Å². The lowest BCUT2D eigenvalue weighted by Gasteiger charge is -2.21. The fraction of sp³-hybridized carbons (Fsp3) is 0.500. The molecule has 1 aromatic rings. The number of ether oxygens (including phenoxy) is 1. The van der Waals surface area contributed by atoms with Crippen LogP contribution in [0.1, 0.15) is 18.6 Å². The molecule has 0 aliphatic carbocycles. The first-order chi connectivity index (χ1) is 8.94. The van der Waals surface area contributed by atoms with Crippen molar-refractivity contribution < 1.29 is 9.84 Å². The molecule has 0 fully saturated rings. The fourth-order valence-electron chi connectivity index (χ4n) is 1.84. The van der Waals surface area contributed by atoms with Gasteiger partial charge < -0.3 is 9.84 Å². The summed E-state index contributed by atoms with van der Waals surface area (Å²) < 4.78 is 5.65. The Morgan fingerprint density at radius 3 is 2.37 bits per heavy atom. The lowest BCUT2D eigenvalue weighted by molar-refractivity contribution is -0.00581. The Labute approximate surface area is 118 Å². The Balaban J connectivity index is 2.71. The Morgan fingerprint density at radius 2 is 1.84 bits per heavy atom. The third-order valence-electron chi connectivity index (χ3n) is 2.87. The molecular weight excluding hydrogens is 252 g/mol. The summed E-state index contributed by atoms with van der Waals surface area (Å²) in [4.78, 5) is 0. The van der Waals surface area contributed by atoms with E-state index in [0.29, 0.717) is 6.61 Å². The molecule has 0 aliphatic rings. The third-order valence-corrected chi connectivity index (χ3v) is 4.33. The summed E-state index contributed by atoms with van der Waals surface area (Å²) in [5.74, 6) is 0. The van der Waals surface area contributed by atoms with Crippen molar-refractivity contribution in [3.63, 3.8) is 0 Å². The summed E-state index contributed by atoms with van der Waals surface area (Å²) in [5.41, 5.74) is 0.901. The van der Waals surface area contributed by atoms with Crippen molar-refractivity contribution in [2.24, 2.45) is 0 Å². The van der Waals surface area contributed by atoms with Gasteiger partial charge in [-0.15, -0.1) is 0 Å². The lowest BCUT2D eigenvalue weighted by atomic mass is 10.0. The monoisotopic (exact) mass is 278 g/mol. The maximum atomic E-state index is 10.4. The number of hydrogen-bond acceptors (Lipinski definition) is 2. The van der Waals surface area contributed by atoms with Gasteiger partial charge in [-0.3, -0.25) is 0 Å². The highest BCUT2D eigenvalue weighted by Gasteiger charge is 2.19. The molecule has 3 heteroatoms. The van der Waals surface area contributed by atoms with Crippen LogP contribution in [-0.2, 0) is 4.74 Å². The molecule has 0 unspecified atom stereocenters. The summed E-state index contributed by atoms with van der Waals surface area (Å²) in [6.07, 6.45) is 3.32. The first-order valence-electron chi connectivity index (χ1n) is 6.95. The van der Waals surface area contributed by atoms with Crippen LogP contribution in [0.3, 0.4) is 0 Å². The molecular formula is C16H26O2Si. The highest BCUT2D eigenvalue weighted by molar-refractivity contribution is 6.76. The Kier molecular flexibility index (Phi) is 6.49. The summed E-state index contributed by atoms with van der Waals surface area (Å²) >= 11 is 0. The van der Waals surface area contributed by atoms with Crippen LogP contribution in [0.5, 0.6) is 0 Å². The van der Waals surface area contributed by atoms with E-state index in [2.05, 4.69) is 25.7 Å². The highest BCUT2D eigenvalue weighted by Crippen LogP contribution is 2.21. The number of allylic oxidation sites excluding steroid dienone is 1. The maximum absolute atomic E-state index is 10.4. The minimum Gasteiger partial charge on any atom is -0.385 e. The normalized spacial score (nSPS) is 15.6. The van der Waals surface area contributed by atoms with E-state index in [1.165, 1.54) is 0 Å². The van der Waals surface area contributed by atoms with Gasteiger partial charge in [0.15, 0.2) is 0 Å². The highest BCUT2D eigenvalue weighted by atomic mass is 28.3. The molecule has 0 bridgehead atoms. The molecule has 0 aromatic heterocycles. The predicted molar refractivity (Wildman–Crippen MR) is 84.1 cm³/mol.